The topological polar surface area (TPSA) is 29.3 Å². The van der Waals surface area contributed by atoms with Crippen LogP contribution in [-0.4, -0.2) is 7.05 Å². The molecule has 0 saturated heterocycles. The van der Waals surface area contributed by atoms with E-state index in [2.05, 4.69) is 0 Å². The minimum absolute atomic E-state index is 0.305. The maximum Gasteiger partial charge on any atom is 0.127 e. The van der Waals surface area contributed by atoms with Gasteiger partial charge in [-0.2, -0.15) is 0 Å². The Bertz CT molecular complexity index is 503. The number of hydrogen-bond acceptors (Lipinski definition) is 2. The van der Waals surface area contributed by atoms with Gasteiger partial charge in [-0.25, -0.2) is 8.78 Å². The summed E-state index contributed by atoms with van der Waals surface area (Å²) in [6, 6.07) is 10.2. The fraction of sp³-hybridized carbons (Fsp3) is 0.0769. The molecule has 0 fully saturated rings. The van der Waals surface area contributed by atoms with Crippen LogP contribution in [-0.2, 0) is 0 Å². The molecule has 2 aromatic carbocycles. The molecule has 0 heterocycles. The van der Waals surface area contributed by atoms with Crippen LogP contribution in [0.5, 0.6) is 0 Å². The summed E-state index contributed by atoms with van der Waals surface area (Å²) >= 11 is 0. The number of benzene rings is 2. The molecule has 2 aromatic rings. The van der Waals surface area contributed by atoms with Gasteiger partial charge in [0.25, 0.3) is 0 Å². The molecule has 2 nitrogen and oxygen atoms in total. The largest absolute Gasteiger partial charge is 0.399 e. The maximum atomic E-state index is 13.2. The zero-order valence-corrected chi connectivity index (χ0v) is 9.32. The van der Waals surface area contributed by atoms with E-state index >= 15 is 0 Å². The second-order valence-corrected chi connectivity index (χ2v) is 3.78. The van der Waals surface area contributed by atoms with Crippen molar-refractivity contribution in [1.82, 2.24) is 0 Å². The predicted molar refractivity (Wildman–Crippen MR) is 65.3 cm³/mol. The highest BCUT2D eigenvalue weighted by Gasteiger charge is 2.06. The van der Waals surface area contributed by atoms with Crippen molar-refractivity contribution < 1.29 is 8.78 Å². The molecular formula is C13H12F2N2. The molecule has 0 aliphatic rings. The Labute approximate surface area is 98.3 Å². The lowest BCUT2D eigenvalue weighted by Gasteiger charge is -2.19. The zero-order chi connectivity index (χ0) is 12.4. The van der Waals surface area contributed by atoms with Crippen LogP contribution in [0.3, 0.4) is 0 Å². The van der Waals surface area contributed by atoms with Gasteiger partial charge >= 0.3 is 0 Å². The van der Waals surface area contributed by atoms with Crippen molar-refractivity contribution >= 4 is 17.1 Å². The van der Waals surface area contributed by atoms with E-state index in [1.807, 2.05) is 0 Å². The van der Waals surface area contributed by atoms with E-state index in [1.165, 1.54) is 24.3 Å². The second-order valence-electron chi connectivity index (χ2n) is 3.78. The molecule has 2 rings (SSSR count). The monoisotopic (exact) mass is 234 g/mol. The fourth-order valence-corrected chi connectivity index (χ4v) is 1.60. The molecule has 0 saturated carbocycles. The van der Waals surface area contributed by atoms with Crippen LogP contribution in [0, 0.1) is 11.6 Å². The van der Waals surface area contributed by atoms with Crippen LogP contribution in [0.2, 0.25) is 0 Å². The minimum Gasteiger partial charge on any atom is -0.399 e. The molecule has 0 aromatic heterocycles. The molecule has 0 bridgehead atoms. The van der Waals surface area contributed by atoms with Crippen LogP contribution < -0.4 is 10.6 Å². The van der Waals surface area contributed by atoms with Crippen molar-refractivity contribution in [2.45, 2.75) is 0 Å². The Morgan fingerprint density at radius 3 is 2.12 bits per heavy atom. The van der Waals surface area contributed by atoms with Gasteiger partial charge in [-0.1, -0.05) is 0 Å². The van der Waals surface area contributed by atoms with Crippen molar-refractivity contribution in [2.24, 2.45) is 0 Å². The highest BCUT2D eigenvalue weighted by atomic mass is 19.1. The highest BCUT2D eigenvalue weighted by Crippen LogP contribution is 2.26. The van der Waals surface area contributed by atoms with Gasteiger partial charge in [0.05, 0.1) is 0 Å². The Morgan fingerprint density at radius 2 is 1.53 bits per heavy atom. The van der Waals surface area contributed by atoms with Crippen LogP contribution in [0.1, 0.15) is 0 Å². The summed E-state index contributed by atoms with van der Waals surface area (Å²) in [5.74, 6) is -0.699. The molecule has 0 unspecified atom stereocenters. The average molecular weight is 234 g/mol. The van der Waals surface area contributed by atoms with Gasteiger partial charge in [0.1, 0.15) is 11.6 Å². The first-order valence-electron chi connectivity index (χ1n) is 5.11. The van der Waals surface area contributed by atoms with Gasteiger partial charge in [0.2, 0.25) is 0 Å². The normalized spacial score (nSPS) is 10.3. The lowest BCUT2D eigenvalue weighted by molar-refractivity contribution is 0.627. The van der Waals surface area contributed by atoms with Crippen molar-refractivity contribution in [3.63, 3.8) is 0 Å². The lowest BCUT2D eigenvalue weighted by atomic mass is 10.2. The molecule has 88 valence electrons. The standard InChI is InChI=1S/C13H12F2N2/c1-17(12-4-2-9(14)3-5-12)13-7-10(15)6-11(16)8-13/h2-8H,16H2,1H3. The van der Waals surface area contributed by atoms with E-state index in [0.717, 1.165) is 5.69 Å². The van der Waals surface area contributed by atoms with E-state index in [-0.39, 0.29) is 5.82 Å². The number of nitrogens with two attached hydrogens (primary N) is 1. The van der Waals surface area contributed by atoms with Gasteiger partial charge in [-0.3, -0.25) is 0 Å². The predicted octanol–water partition coefficient (Wildman–Crippen LogP) is 3.31. The summed E-state index contributed by atoms with van der Waals surface area (Å²) in [6.07, 6.45) is 0. The van der Waals surface area contributed by atoms with Crippen molar-refractivity contribution in [3.8, 4) is 0 Å². The number of nitrogens with zero attached hydrogens (tertiary/aromatic N) is 1. The van der Waals surface area contributed by atoms with Crippen LogP contribution in [0.25, 0.3) is 0 Å². The number of hydrogen-bond donors (Lipinski definition) is 1. The Hall–Kier alpha value is -2.10. The first kappa shape index (κ1) is 11.4. The molecule has 0 aliphatic carbocycles. The molecule has 0 spiro atoms. The van der Waals surface area contributed by atoms with Crippen molar-refractivity contribution in [1.29, 1.82) is 0 Å². The van der Waals surface area contributed by atoms with Gasteiger partial charge in [-0.15, -0.1) is 0 Å². The SMILES string of the molecule is CN(c1ccc(F)cc1)c1cc(N)cc(F)c1. The van der Waals surface area contributed by atoms with Gasteiger partial charge in [0.15, 0.2) is 0 Å². The van der Waals surface area contributed by atoms with Gasteiger partial charge in [-0.05, 0) is 42.5 Å². The minimum atomic E-state index is -0.394. The molecule has 0 amide bonds. The smallest absolute Gasteiger partial charge is 0.127 e. The van der Waals surface area contributed by atoms with Gasteiger partial charge < -0.3 is 10.6 Å². The van der Waals surface area contributed by atoms with Crippen LogP contribution >= 0.6 is 0 Å². The molecule has 0 aliphatic heterocycles. The van der Waals surface area contributed by atoms with E-state index in [4.69, 9.17) is 5.73 Å². The van der Waals surface area contributed by atoms with Crippen molar-refractivity contribution in [2.75, 3.05) is 17.7 Å². The van der Waals surface area contributed by atoms with Crippen molar-refractivity contribution in [3.05, 3.63) is 54.1 Å². The molecule has 2 N–H and O–H groups in total. The fourth-order valence-electron chi connectivity index (χ4n) is 1.60. The van der Waals surface area contributed by atoms with E-state index in [1.54, 1.807) is 30.1 Å². The molecular weight excluding hydrogens is 222 g/mol. The third-order valence-electron chi connectivity index (χ3n) is 2.51. The third kappa shape index (κ3) is 2.53. The Kier molecular flexibility index (Phi) is 2.95. The summed E-state index contributed by atoms with van der Waals surface area (Å²) < 4.78 is 26.0. The van der Waals surface area contributed by atoms with Crippen LogP contribution in [0.4, 0.5) is 25.8 Å². The summed E-state index contributed by atoms with van der Waals surface area (Å²) in [4.78, 5) is 1.74. The summed E-state index contributed by atoms with van der Waals surface area (Å²) in [6.45, 7) is 0. The summed E-state index contributed by atoms with van der Waals surface area (Å²) in [5, 5.41) is 0. The number of halogens is 2. The summed E-state index contributed by atoms with van der Waals surface area (Å²) in [7, 11) is 1.77. The average Bonchev–Trinajstić information content (AvgIpc) is 2.28. The molecule has 0 atom stereocenters. The maximum absolute atomic E-state index is 13.2. The first-order valence-corrected chi connectivity index (χ1v) is 5.11. The first-order chi connectivity index (χ1) is 8.06. The number of anilines is 3. The van der Waals surface area contributed by atoms with E-state index in [0.29, 0.717) is 11.4 Å². The third-order valence-corrected chi connectivity index (χ3v) is 2.51. The zero-order valence-electron chi connectivity index (χ0n) is 9.32. The molecule has 17 heavy (non-hydrogen) atoms. The molecule has 0 radical (unpaired) electrons. The summed E-state index contributed by atoms with van der Waals surface area (Å²) in [5.41, 5.74) is 7.31. The van der Waals surface area contributed by atoms with E-state index in [9.17, 15) is 8.78 Å². The number of rotatable bonds is 2. The second kappa shape index (κ2) is 4.41. The Balaban J connectivity index is 2.36. The quantitative estimate of drug-likeness (QED) is 0.808. The molecule has 4 heteroatoms. The van der Waals surface area contributed by atoms with Crippen LogP contribution in [0.15, 0.2) is 42.5 Å². The highest BCUT2D eigenvalue weighted by molar-refractivity contribution is 5.65. The Morgan fingerprint density at radius 1 is 0.882 bits per heavy atom. The van der Waals surface area contributed by atoms with Gasteiger partial charge in [0, 0.05) is 24.1 Å². The number of nitrogen functional groups attached to an aromatic ring is 1. The lowest BCUT2D eigenvalue weighted by Crippen LogP contribution is -2.10. The van der Waals surface area contributed by atoms with E-state index < -0.39 is 5.82 Å².